The van der Waals surface area contributed by atoms with Crippen molar-refractivity contribution in [2.75, 3.05) is 13.1 Å². The molecule has 1 aliphatic rings. The van der Waals surface area contributed by atoms with E-state index in [4.69, 9.17) is 27.6 Å². The lowest BCUT2D eigenvalue weighted by molar-refractivity contribution is -0.0278. The van der Waals surface area contributed by atoms with Gasteiger partial charge in [-0.25, -0.2) is 0 Å². The maximum absolute atomic E-state index is 12.8. The van der Waals surface area contributed by atoms with Gasteiger partial charge in [0.2, 0.25) is 0 Å². The van der Waals surface area contributed by atoms with Gasteiger partial charge in [-0.2, -0.15) is 0 Å². The third-order valence-electron chi connectivity index (χ3n) is 5.32. The van der Waals surface area contributed by atoms with Gasteiger partial charge in [-0.05, 0) is 42.7 Å². The average Bonchev–Trinajstić information content (AvgIpc) is 2.66. The van der Waals surface area contributed by atoms with Crippen LogP contribution >= 0.6 is 39.1 Å². The smallest absolute Gasteiger partial charge is 0.197 e. The Labute approximate surface area is 180 Å². The van der Waals surface area contributed by atoms with Crippen LogP contribution in [0.5, 0.6) is 0 Å². The highest BCUT2D eigenvalue weighted by atomic mass is 79.9. The average molecular weight is 483 g/mol. The van der Waals surface area contributed by atoms with Crippen molar-refractivity contribution < 1.29 is 9.52 Å². The molecule has 0 spiro atoms. The molecule has 4 nitrogen and oxygen atoms in total. The van der Waals surface area contributed by atoms with Crippen molar-refractivity contribution in [1.29, 1.82) is 0 Å². The zero-order valence-electron chi connectivity index (χ0n) is 14.9. The first-order valence-electron chi connectivity index (χ1n) is 8.96. The lowest BCUT2D eigenvalue weighted by Gasteiger charge is -2.38. The molecule has 1 aliphatic heterocycles. The molecule has 0 amide bonds. The van der Waals surface area contributed by atoms with Gasteiger partial charge < -0.3 is 9.52 Å². The van der Waals surface area contributed by atoms with Crippen LogP contribution in [0.2, 0.25) is 10.0 Å². The third kappa shape index (κ3) is 3.87. The predicted octanol–water partition coefficient (Wildman–Crippen LogP) is 5.35. The molecule has 0 saturated carbocycles. The highest BCUT2D eigenvalue weighted by Gasteiger charge is 2.34. The zero-order valence-corrected chi connectivity index (χ0v) is 18.0. The molecule has 0 aliphatic carbocycles. The van der Waals surface area contributed by atoms with Gasteiger partial charge in [0.25, 0.3) is 0 Å². The number of rotatable bonds is 3. The van der Waals surface area contributed by atoms with E-state index in [9.17, 15) is 9.90 Å². The van der Waals surface area contributed by atoms with E-state index in [1.54, 1.807) is 12.1 Å². The molecule has 3 aromatic rings. The van der Waals surface area contributed by atoms with Crippen LogP contribution in [-0.4, -0.2) is 23.1 Å². The molecule has 0 unspecified atom stereocenters. The van der Waals surface area contributed by atoms with Crippen LogP contribution in [0.25, 0.3) is 11.0 Å². The first-order valence-corrected chi connectivity index (χ1v) is 10.5. The Morgan fingerprint density at radius 1 is 1.14 bits per heavy atom. The second-order valence-electron chi connectivity index (χ2n) is 7.17. The van der Waals surface area contributed by atoms with Crippen LogP contribution in [0.3, 0.4) is 0 Å². The van der Waals surface area contributed by atoms with Gasteiger partial charge in [0.15, 0.2) is 11.0 Å². The van der Waals surface area contributed by atoms with E-state index in [2.05, 4.69) is 20.8 Å². The van der Waals surface area contributed by atoms with Gasteiger partial charge in [0, 0.05) is 34.7 Å². The van der Waals surface area contributed by atoms with Crippen molar-refractivity contribution in [3.63, 3.8) is 0 Å². The SMILES string of the molecule is O=c1c(CN2CCC(O)(c3ccc(Br)cc3)CC2)coc2c(Cl)cc(Cl)cc12. The Morgan fingerprint density at radius 2 is 1.82 bits per heavy atom. The first-order chi connectivity index (χ1) is 13.4. The number of aliphatic hydroxyl groups is 1. The zero-order chi connectivity index (χ0) is 19.9. The van der Waals surface area contributed by atoms with E-state index in [-0.39, 0.29) is 5.43 Å². The monoisotopic (exact) mass is 481 g/mol. The number of nitrogens with zero attached hydrogens (tertiary/aromatic N) is 1. The number of piperidine rings is 1. The van der Waals surface area contributed by atoms with Crippen LogP contribution in [0.15, 0.2) is 56.3 Å². The third-order valence-corrected chi connectivity index (χ3v) is 6.35. The molecular formula is C21H18BrCl2NO3. The lowest BCUT2D eigenvalue weighted by Crippen LogP contribution is -2.42. The molecule has 146 valence electrons. The molecule has 4 rings (SSSR count). The highest BCUT2D eigenvalue weighted by Crippen LogP contribution is 2.34. The molecule has 1 fully saturated rings. The molecule has 0 bridgehead atoms. The Kier molecular flexibility index (Phi) is 5.55. The summed E-state index contributed by atoms with van der Waals surface area (Å²) in [4.78, 5) is 15.0. The fraction of sp³-hybridized carbons (Fsp3) is 0.286. The second-order valence-corrected chi connectivity index (χ2v) is 8.93. The maximum atomic E-state index is 12.8. The van der Waals surface area contributed by atoms with Crippen LogP contribution in [0, 0.1) is 0 Å². The molecule has 2 heterocycles. The Balaban J connectivity index is 1.51. The van der Waals surface area contributed by atoms with E-state index in [0.29, 0.717) is 59.1 Å². The largest absolute Gasteiger partial charge is 0.462 e. The van der Waals surface area contributed by atoms with Crippen molar-refractivity contribution >= 4 is 50.1 Å². The van der Waals surface area contributed by atoms with E-state index >= 15 is 0 Å². The Morgan fingerprint density at radius 3 is 2.50 bits per heavy atom. The van der Waals surface area contributed by atoms with Crippen LogP contribution in [-0.2, 0) is 12.1 Å². The summed E-state index contributed by atoms with van der Waals surface area (Å²) in [7, 11) is 0. The Bertz CT molecular complexity index is 1070. The summed E-state index contributed by atoms with van der Waals surface area (Å²) in [5.74, 6) is 0. The number of likely N-dealkylation sites (tertiary alicyclic amines) is 1. The maximum Gasteiger partial charge on any atom is 0.197 e. The van der Waals surface area contributed by atoms with Crippen LogP contribution in [0.4, 0.5) is 0 Å². The number of fused-ring (bicyclic) bond motifs is 1. The minimum atomic E-state index is -0.841. The summed E-state index contributed by atoms with van der Waals surface area (Å²) < 4.78 is 6.59. The summed E-state index contributed by atoms with van der Waals surface area (Å²) in [6.45, 7) is 1.82. The lowest BCUT2D eigenvalue weighted by atomic mass is 9.84. The molecule has 2 aromatic carbocycles. The summed E-state index contributed by atoms with van der Waals surface area (Å²) in [6, 6.07) is 10.9. The fourth-order valence-corrected chi connectivity index (χ4v) is 4.49. The number of hydrogen-bond donors (Lipinski definition) is 1. The van der Waals surface area contributed by atoms with Crippen molar-refractivity contribution in [3.8, 4) is 0 Å². The number of benzene rings is 2. The summed E-state index contributed by atoms with van der Waals surface area (Å²) >= 11 is 15.6. The van der Waals surface area contributed by atoms with Gasteiger partial charge in [-0.15, -0.1) is 0 Å². The summed E-state index contributed by atoms with van der Waals surface area (Å²) in [5, 5.41) is 12.1. The molecule has 1 N–H and O–H groups in total. The Hall–Kier alpha value is -1.37. The van der Waals surface area contributed by atoms with Gasteiger partial charge >= 0.3 is 0 Å². The minimum Gasteiger partial charge on any atom is -0.462 e. The van der Waals surface area contributed by atoms with Crippen LogP contribution in [0.1, 0.15) is 24.0 Å². The summed E-state index contributed by atoms with van der Waals surface area (Å²) in [5.41, 5.74) is 0.860. The van der Waals surface area contributed by atoms with E-state index in [1.807, 2.05) is 24.3 Å². The van der Waals surface area contributed by atoms with Gasteiger partial charge in [0.05, 0.1) is 22.3 Å². The van der Waals surface area contributed by atoms with Crippen molar-refractivity contribution in [2.45, 2.75) is 25.0 Å². The van der Waals surface area contributed by atoms with E-state index < -0.39 is 5.60 Å². The van der Waals surface area contributed by atoms with Gasteiger partial charge in [-0.3, -0.25) is 9.69 Å². The predicted molar refractivity (Wildman–Crippen MR) is 115 cm³/mol. The molecule has 1 saturated heterocycles. The van der Waals surface area contributed by atoms with Crippen molar-refractivity contribution in [1.82, 2.24) is 4.90 Å². The topological polar surface area (TPSA) is 53.7 Å². The molecule has 0 atom stereocenters. The number of hydrogen-bond acceptors (Lipinski definition) is 4. The second kappa shape index (κ2) is 7.81. The molecular weight excluding hydrogens is 465 g/mol. The molecule has 0 radical (unpaired) electrons. The highest BCUT2D eigenvalue weighted by molar-refractivity contribution is 9.10. The number of halogens is 3. The van der Waals surface area contributed by atoms with Gasteiger partial charge in [0.1, 0.15) is 0 Å². The fourth-order valence-electron chi connectivity index (χ4n) is 3.69. The van der Waals surface area contributed by atoms with Crippen LogP contribution < -0.4 is 5.43 Å². The minimum absolute atomic E-state index is 0.126. The summed E-state index contributed by atoms with van der Waals surface area (Å²) in [6.07, 6.45) is 2.68. The molecule has 28 heavy (non-hydrogen) atoms. The normalized spacial score (nSPS) is 17.1. The van der Waals surface area contributed by atoms with Crippen molar-refractivity contribution in [2.24, 2.45) is 0 Å². The first kappa shape index (κ1) is 19.9. The molecule has 7 heteroatoms. The quantitative estimate of drug-likeness (QED) is 0.547. The van der Waals surface area contributed by atoms with Crippen molar-refractivity contribution in [3.05, 3.63) is 78.5 Å². The van der Waals surface area contributed by atoms with E-state index in [1.165, 1.54) is 6.26 Å². The standard InChI is InChI=1S/C21H18BrCl2NO3/c22-15-3-1-14(2-4-15)21(27)5-7-25(8-6-21)11-13-12-28-20-17(19(13)26)9-16(23)10-18(20)24/h1-4,9-10,12,27H,5-8,11H2. The molecule has 1 aromatic heterocycles. The van der Waals surface area contributed by atoms with Gasteiger partial charge in [-0.1, -0.05) is 51.3 Å². The van der Waals surface area contributed by atoms with E-state index in [0.717, 1.165) is 10.0 Å².